The number of rotatable bonds is 2. The molecule has 0 saturated heterocycles. The first kappa shape index (κ1) is 9.31. The van der Waals surface area contributed by atoms with Gasteiger partial charge in [-0.2, -0.15) is 0 Å². The topological polar surface area (TPSA) is 69.2 Å². The number of esters is 1. The highest BCUT2D eigenvalue weighted by atomic mass is 16.5. The smallest absolute Gasteiger partial charge is 0.358 e. The van der Waals surface area contributed by atoms with Crippen molar-refractivity contribution in [1.82, 2.24) is 9.97 Å². The van der Waals surface area contributed by atoms with E-state index in [4.69, 9.17) is 0 Å². The lowest BCUT2D eigenvalue weighted by Crippen LogP contribution is -2.07. The van der Waals surface area contributed by atoms with E-state index in [0.717, 1.165) is 0 Å². The summed E-state index contributed by atoms with van der Waals surface area (Å²) in [5, 5.41) is 0. The minimum Gasteiger partial charge on any atom is -0.464 e. The Balaban J connectivity index is 2.93. The molecule has 1 aromatic heterocycles. The van der Waals surface area contributed by atoms with Gasteiger partial charge >= 0.3 is 5.97 Å². The fourth-order valence-electron chi connectivity index (χ4n) is 0.720. The van der Waals surface area contributed by atoms with Crippen molar-refractivity contribution in [3.8, 4) is 0 Å². The van der Waals surface area contributed by atoms with Crippen LogP contribution in [0.3, 0.4) is 0 Å². The molecule has 0 saturated carbocycles. The number of nitrogens with zero attached hydrogens (tertiary/aromatic N) is 2. The van der Waals surface area contributed by atoms with E-state index in [1.54, 1.807) is 0 Å². The van der Waals surface area contributed by atoms with Gasteiger partial charge in [-0.3, -0.25) is 4.79 Å². The quantitative estimate of drug-likeness (QED) is 0.488. The Morgan fingerprint density at radius 3 is 2.15 bits per heavy atom. The second kappa shape index (κ2) is 3.75. The second-order valence-corrected chi connectivity index (χ2v) is 2.33. The van der Waals surface area contributed by atoms with Crippen LogP contribution >= 0.6 is 0 Å². The Labute approximate surface area is 74.8 Å². The Bertz CT molecular complexity index is 332. The van der Waals surface area contributed by atoms with Crippen molar-refractivity contribution in [1.29, 1.82) is 0 Å². The SMILES string of the molecule is COC(=O)c1cnc(C(C)=O)cn1. The van der Waals surface area contributed by atoms with E-state index in [1.165, 1.54) is 26.4 Å². The van der Waals surface area contributed by atoms with Gasteiger partial charge in [0.1, 0.15) is 5.69 Å². The number of ketones is 1. The summed E-state index contributed by atoms with van der Waals surface area (Å²) in [6.07, 6.45) is 2.46. The van der Waals surface area contributed by atoms with Gasteiger partial charge in [0.15, 0.2) is 11.5 Å². The zero-order chi connectivity index (χ0) is 9.84. The van der Waals surface area contributed by atoms with Crippen LogP contribution in [-0.4, -0.2) is 28.8 Å². The molecule has 0 amide bonds. The van der Waals surface area contributed by atoms with Crippen LogP contribution in [0.2, 0.25) is 0 Å². The maximum absolute atomic E-state index is 10.9. The third-order valence-electron chi connectivity index (χ3n) is 1.41. The third-order valence-corrected chi connectivity index (χ3v) is 1.41. The highest BCUT2D eigenvalue weighted by Crippen LogP contribution is 1.97. The zero-order valence-electron chi connectivity index (χ0n) is 7.27. The second-order valence-electron chi connectivity index (χ2n) is 2.33. The number of methoxy groups -OCH3 is 1. The van der Waals surface area contributed by atoms with Crippen molar-refractivity contribution in [2.75, 3.05) is 7.11 Å². The molecule has 0 radical (unpaired) electrons. The Morgan fingerprint density at radius 2 is 1.77 bits per heavy atom. The fraction of sp³-hybridized carbons (Fsp3) is 0.250. The molecule has 0 aliphatic rings. The van der Waals surface area contributed by atoms with Gasteiger partial charge in [0, 0.05) is 6.92 Å². The van der Waals surface area contributed by atoms with Crippen molar-refractivity contribution in [2.24, 2.45) is 0 Å². The van der Waals surface area contributed by atoms with Crippen molar-refractivity contribution in [3.05, 3.63) is 23.8 Å². The van der Waals surface area contributed by atoms with Gasteiger partial charge in [-0.25, -0.2) is 14.8 Å². The minimum atomic E-state index is -0.567. The first-order chi connectivity index (χ1) is 6.15. The van der Waals surface area contributed by atoms with Crippen LogP contribution in [0, 0.1) is 0 Å². The lowest BCUT2D eigenvalue weighted by atomic mass is 10.3. The molecule has 0 N–H and O–H groups in total. The van der Waals surface area contributed by atoms with E-state index in [9.17, 15) is 9.59 Å². The first-order valence-electron chi connectivity index (χ1n) is 3.56. The molecule has 0 spiro atoms. The van der Waals surface area contributed by atoms with E-state index in [0.29, 0.717) is 0 Å². The predicted molar refractivity (Wildman–Crippen MR) is 43.4 cm³/mol. The molecule has 5 nitrogen and oxygen atoms in total. The molecule has 1 heterocycles. The van der Waals surface area contributed by atoms with E-state index in [1.807, 2.05) is 0 Å². The van der Waals surface area contributed by atoms with Crippen LogP contribution in [0.5, 0.6) is 0 Å². The maximum atomic E-state index is 10.9. The molecule has 13 heavy (non-hydrogen) atoms. The Morgan fingerprint density at radius 1 is 1.23 bits per heavy atom. The van der Waals surface area contributed by atoms with Crippen LogP contribution < -0.4 is 0 Å². The average Bonchev–Trinajstić information content (AvgIpc) is 2.17. The van der Waals surface area contributed by atoms with Crippen molar-refractivity contribution in [2.45, 2.75) is 6.92 Å². The lowest BCUT2D eigenvalue weighted by Gasteiger charge is -1.97. The molecule has 0 aliphatic heterocycles. The van der Waals surface area contributed by atoms with E-state index < -0.39 is 5.97 Å². The van der Waals surface area contributed by atoms with Gasteiger partial charge in [-0.1, -0.05) is 0 Å². The minimum absolute atomic E-state index is 0.0903. The molecule has 0 fully saturated rings. The molecular weight excluding hydrogens is 172 g/mol. The van der Waals surface area contributed by atoms with Gasteiger partial charge in [0.05, 0.1) is 19.5 Å². The number of hydrogen-bond acceptors (Lipinski definition) is 5. The van der Waals surface area contributed by atoms with Crippen molar-refractivity contribution < 1.29 is 14.3 Å². The summed E-state index contributed by atoms with van der Waals surface area (Å²) in [7, 11) is 1.25. The summed E-state index contributed by atoms with van der Waals surface area (Å²) < 4.78 is 4.41. The van der Waals surface area contributed by atoms with Crippen LogP contribution in [0.4, 0.5) is 0 Å². The van der Waals surface area contributed by atoms with E-state index in [-0.39, 0.29) is 17.2 Å². The van der Waals surface area contributed by atoms with Crippen LogP contribution in [-0.2, 0) is 4.74 Å². The average molecular weight is 180 g/mol. The third kappa shape index (κ3) is 2.08. The summed E-state index contributed by atoms with van der Waals surface area (Å²) in [4.78, 5) is 29.1. The van der Waals surface area contributed by atoms with Gasteiger partial charge in [0.2, 0.25) is 0 Å². The van der Waals surface area contributed by atoms with E-state index in [2.05, 4.69) is 14.7 Å². The standard InChI is InChI=1S/C8H8N2O3/c1-5(11)6-3-10-7(4-9-6)8(12)13-2/h3-4H,1-2H3. The van der Waals surface area contributed by atoms with Crippen LogP contribution in [0.25, 0.3) is 0 Å². The number of ether oxygens (including phenoxy) is 1. The Kier molecular flexibility index (Phi) is 2.69. The molecule has 68 valence electrons. The summed E-state index contributed by atoms with van der Waals surface area (Å²) in [5.74, 6) is -0.758. The molecule has 0 aromatic carbocycles. The lowest BCUT2D eigenvalue weighted by molar-refractivity contribution is 0.0593. The summed E-state index contributed by atoms with van der Waals surface area (Å²) >= 11 is 0. The fourth-order valence-corrected chi connectivity index (χ4v) is 0.720. The van der Waals surface area contributed by atoms with Crippen molar-refractivity contribution >= 4 is 11.8 Å². The Hall–Kier alpha value is -1.78. The molecular formula is C8H8N2O3. The predicted octanol–water partition coefficient (Wildman–Crippen LogP) is 0.466. The number of carbonyl (C=O) groups excluding carboxylic acids is 2. The normalized spacial score (nSPS) is 9.38. The number of carbonyl (C=O) groups is 2. The number of Topliss-reactive ketones (excluding diaryl/α,β-unsaturated/α-hetero) is 1. The van der Waals surface area contributed by atoms with Gasteiger partial charge in [-0.05, 0) is 0 Å². The van der Waals surface area contributed by atoms with Gasteiger partial charge in [-0.15, -0.1) is 0 Å². The summed E-state index contributed by atoms with van der Waals surface area (Å²) in [6, 6.07) is 0. The molecule has 1 rings (SSSR count). The molecule has 0 bridgehead atoms. The van der Waals surface area contributed by atoms with Crippen LogP contribution in [0.1, 0.15) is 27.9 Å². The van der Waals surface area contributed by atoms with E-state index >= 15 is 0 Å². The van der Waals surface area contributed by atoms with Gasteiger partial charge in [0.25, 0.3) is 0 Å². The zero-order valence-corrected chi connectivity index (χ0v) is 7.27. The summed E-state index contributed by atoms with van der Waals surface area (Å²) in [5.41, 5.74) is 0.320. The summed E-state index contributed by atoms with van der Waals surface area (Å²) in [6.45, 7) is 1.38. The largest absolute Gasteiger partial charge is 0.464 e. The molecule has 5 heteroatoms. The number of aromatic nitrogens is 2. The first-order valence-corrected chi connectivity index (χ1v) is 3.56. The monoisotopic (exact) mass is 180 g/mol. The van der Waals surface area contributed by atoms with Crippen LogP contribution in [0.15, 0.2) is 12.4 Å². The number of hydrogen-bond donors (Lipinski definition) is 0. The van der Waals surface area contributed by atoms with Crippen molar-refractivity contribution in [3.63, 3.8) is 0 Å². The van der Waals surface area contributed by atoms with Gasteiger partial charge < -0.3 is 4.74 Å². The highest BCUT2D eigenvalue weighted by molar-refractivity contribution is 5.92. The molecule has 0 unspecified atom stereocenters. The highest BCUT2D eigenvalue weighted by Gasteiger charge is 2.08. The molecule has 0 atom stereocenters. The molecule has 0 aliphatic carbocycles. The maximum Gasteiger partial charge on any atom is 0.358 e. The molecule has 1 aromatic rings.